The van der Waals surface area contributed by atoms with Crippen LogP contribution in [0, 0.1) is 23.7 Å². The van der Waals surface area contributed by atoms with Gasteiger partial charge < -0.3 is 18.6 Å². The number of rotatable bonds is 2. The van der Waals surface area contributed by atoms with Crippen LogP contribution >= 0.6 is 0 Å². The molecule has 5 heterocycles. The Morgan fingerprint density at radius 1 is 1.06 bits per heavy atom. The predicted molar refractivity (Wildman–Crippen MR) is 115 cm³/mol. The Labute approximate surface area is 199 Å². The highest BCUT2D eigenvalue weighted by atomic mass is 19.4. The molecular formula is C25H27F3O7. The van der Waals surface area contributed by atoms with Gasteiger partial charge in [-0.3, -0.25) is 0 Å². The SMILES string of the molecule is C[C@H]1[C@@H](Oc2ccc3c(C(F)(F)F)cc(=O)oc3c2)O[C@@H]2O[C@@]3(C)CC[C@H]4[C@H](C)CC[C@@H]1[C@@]24OO3. The summed E-state index contributed by atoms with van der Waals surface area (Å²) in [4.78, 5) is 23.7. The van der Waals surface area contributed by atoms with Crippen molar-refractivity contribution in [3.8, 4) is 5.75 Å². The monoisotopic (exact) mass is 496 g/mol. The van der Waals surface area contributed by atoms with Gasteiger partial charge in [-0.2, -0.15) is 13.2 Å². The molecule has 4 saturated heterocycles. The van der Waals surface area contributed by atoms with Crippen molar-refractivity contribution in [3.63, 3.8) is 0 Å². The molecular weight excluding hydrogens is 469 g/mol. The van der Waals surface area contributed by atoms with Gasteiger partial charge in [0.15, 0.2) is 11.9 Å². The number of benzene rings is 1. The predicted octanol–water partition coefficient (Wildman–Crippen LogP) is 5.40. The van der Waals surface area contributed by atoms with Crippen LogP contribution in [0.1, 0.15) is 52.0 Å². The van der Waals surface area contributed by atoms with E-state index in [9.17, 15) is 18.0 Å². The van der Waals surface area contributed by atoms with Gasteiger partial charge in [0.05, 0.1) is 5.56 Å². The van der Waals surface area contributed by atoms with E-state index in [1.54, 1.807) is 0 Å². The van der Waals surface area contributed by atoms with Gasteiger partial charge in [0.1, 0.15) is 11.3 Å². The molecule has 1 aliphatic carbocycles. The minimum absolute atomic E-state index is 0.0327. The summed E-state index contributed by atoms with van der Waals surface area (Å²) in [5.41, 5.74) is -3.08. The molecule has 7 rings (SSSR count). The second-order valence-electron chi connectivity index (χ2n) is 10.5. The molecule has 0 radical (unpaired) electrons. The number of alkyl halides is 3. The average Bonchev–Trinajstić information content (AvgIpc) is 3.02. The molecule has 5 fully saturated rings. The van der Waals surface area contributed by atoms with Gasteiger partial charge in [-0.1, -0.05) is 13.8 Å². The normalized spacial score (nSPS) is 40.9. The maximum Gasteiger partial charge on any atom is 0.417 e. The molecule has 1 aromatic heterocycles. The Bertz CT molecular complexity index is 1210. The Balaban J connectivity index is 1.34. The maximum absolute atomic E-state index is 13.4. The first-order chi connectivity index (χ1) is 16.5. The van der Waals surface area contributed by atoms with Crippen LogP contribution in [0.3, 0.4) is 0 Å². The van der Waals surface area contributed by atoms with E-state index in [2.05, 4.69) is 6.92 Å². The molecule has 35 heavy (non-hydrogen) atoms. The van der Waals surface area contributed by atoms with Gasteiger partial charge in [-0.05, 0) is 50.2 Å². The average molecular weight is 496 g/mol. The van der Waals surface area contributed by atoms with E-state index < -0.39 is 41.3 Å². The molecule has 0 amide bonds. The van der Waals surface area contributed by atoms with E-state index in [0.717, 1.165) is 19.3 Å². The molecule has 5 aliphatic rings. The van der Waals surface area contributed by atoms with Gasteiger partial charge in [-0.25, -0.2) is 14.6 Å². The standard InChI is InChI=1S/C25H27F3O7/c1-12-4-7-17-13(2)21(32-22-24(17)16(12)8-9-23(3,33-22)34-35-24)30-14-5-6-15-18(25(26,27)28)11-20(29)31-19(15)10-14/h5-6,10-13,16-17,21-22H,4,7-9H2,1-3H3/t12-,13-,16+,17+,21+,22-,23-,24-/m1/s1. The molecule has 2 aromatic rings. The van der Waals surface area contributed by atoms with E-state index in [-0.39, 0.29) is 34.5 Å². The lowest BCUT2D eigenvalue weighted by Gasteiger charge is -2.60. The third-order valence-electron chi connectivity index (χ3n) is 8.37. The lowest BCUT2D eigenvalue weighted by Crippen LogP contribution is -2.70. The Morgan fingerprint density at radius 3 is 2.63 bits per heavy atom. The van der Waals surface area contributed by atoms with Crippen LogP contribution in [-0.4, -0.2) is 24.0 Å². The van der Waals surface area contributed by atoms with Gasteiger partial charge >= 0.3 is 11.8 Å². The third kappa shape index (κ3) is 3.52. The van der Waals surface area contributed by atoms with Crippen molar-refractivity contribution >= 4 is 11.0 Å². The molecule has 0 unspecified atom stereocenters. The second kappa shape index (κ2) is 7.68. The van der Waals surface area contributed by atoms with E-state index in [1.807, 2.05) is 13.8 Å². The summed E-state index contributed by atoms with van der Waals surface area (Å²) in [5, 5.41) is -0.215. The fourth-order valence-corrected chi connectivity index (χ4v) is 6.59. The zero-order valence-electron chi connectivity index (χ0n) is 19.6. The molecule has 7 nitrogen and oxygen atoms in total. The smallest absolute Gasteiger partial charge is 0.417 e. The maximum atomic E-state index is 13.4. The first kappa shape index (κ1) is 23.3. The summed E-state index contributed by atoms with van der Waals surface area (Å²) in [7, 11) is 0. The van der Waals surface area contributed by atoms with Crippen molar-refractivity contribution in [2.75, 3.05) is 0 Å². The number of hydrogen-bond acceptors (Lipinski definition) is 7. The minimum Gasteiger partial charge on any atom is -0.464 e. The van der Waals surface area contributed by atoms with Gasteiger partial charge in [-0.15, -0.1) is 0 Å². The van der Waals surface area contributed by atoms with Gasteiger partial charge in [0, 0.05) is 35.8 Å². The summed E-state index contributed by atoms with van der Waals surface area (Å²) in [6, 6.07) is 4.41. The Kier molecular flexibility index (Phi) is 5.11. The topological polar surface area (TPSA) is 76.4 Å². The zero-order valence-corrected chi connectivity index (χ0v) is 19.6. The summed E-state index contributed by atoms with van der Waals surface area (Å²) >= 11 is 0. The summed E-state index contributed by atoms with van der Waals surface area (Å²) < 4.78 is 64.0. The quantitative estimate of drug-likeness (QED) is 0.407. The fraction of sp³-hybridized carbons (Fsp3) is 0.640. The Hall–Kier alpha value is -2.14. The van der Waals surface area contributed by atoms with Gasteiger partial charge in [0.2, 0.25) is 12.1 Å². The minimum atomic E-state index is -4.69. The summed E-state index contributed by atoms with van der Waals surface area (Å²) in [5.74, 6) is -0.167. The molecule has 0 N–H and O–H groups in total. The van der Waals surface area contributed by atoms with Crippen molar-refractivity contribution < 1.29 is 41.6 Å². The highest BCUT2D eigenvalue weighted by Crippen LogP contribution is 2.60. The Morgan fingerprint density at radius 2 is 1.86 bits per heavy atom. The summed E-state index contributed by atoms with van der Waals surface area (Å²) in [6.07, 6.45) is -2.65. The molecule has 8 atom stereocenters. The van der Waals surface area contributed by atoms with Crippen molar-refractivity contribution in [3.05, 3.63) is 40.2 Å². The first-order valence-corrected chi connectivity index (χ1v) is 12.0. The van der Waals surface area contributed by atoms with Crippen LogP contribution in [0.4, 0.5) is 13.2 Å². The fourth-order valence-electron chi connectivity index (χ4n) is 6.59. The first-order valence-electron chi connectivity index (χ1n) is 12.0. The highest BCUT2D eigenvalue weighted by Gasteiger charge is 2.69. The third-order valence-corrected chi connectivity index (χ3v) is 8.37. The second-order valence-corrected chi connectivity index (χ2v) is 10.5. The number of fused-ring (bicyclic) bond motifs is 3. The van der Waals surface area contributed by atoms with Crippen molar-refractivity contribution in [2.24, 2.45) is 23.7 Å². The molecule has 4 aliphatic heterocycles. The van der Waals surface area contributed by atoms with E-state index >= 15 is 0 Å². The lowest BCUT2D eigenvalue weighted by molar-refractivity contribution is -0.575. The van der Waals surface area contributed by atoms with Crippen molar-refractivity contribution in [2.45, 2.75) is 76.6 Å². The lowest BCUT2D eigenvalue weighted by atomic mass is 9.58. The highest BCUT2D eigenvalue weighted by molar-refractivity contribution is 5.82. The van der Waals surface area contributed by atoms with Crippen LogP contribution in [-0.2, 0) is 25.4 Å². The van der Waals surface area contributed by atoms with Crippen molar-refractivity contribution in [1.82, 2.24) is 0 Å². The molecule has 1 spiro atoms. The largest absolute Gasteiger partial charge is 0.464 e. The number of halogens is 3. The van der Waals surface area contributed by atoms with Crippen LogP contribution < -0.4 is 10.4 Å². The van der Waals surface area contributed by atoms with Crippen LogP contribution in [0.2, 0.25) is 0 Å². The number of ether oxygens (including phenoxy) is 3. The van der Waals surface area contributed by atoms with Gasteiger partial charge in [0.25, 0.3) is 0 Å². The van der Waals surface area contributed by atoms with Crippen molar-refractivity contribution in [1.29, 1.82) is 0 Å². The van der Waals surface area contributed by atoms with Crippen LogP contribution in [0.25, 0.3) is 11.0 Å². The zero-order chi connectivity index (χ0) is 24.8. The summed E-state index contributed by atoms with van der Waals surface area (Å²) in [6.45, 7) is 6.07. The molecule has 10 heteroatoms. The number of hydrogen-bond donors (Lipinski definition) is 0. The molecule has 1 aromatic carbocycles. The molecule has 2 bridgehead atoms. The van der Waals surface area contributed by atoms with E-state index in [4.69, 9.17) is 28.4 Å². The van der Waals surface area contributed by atoms with Crippen LogP contribution in [0.5, 0.6) is 5.75 Å². The van der Waals surface area contributed by atoms with Crippen LogP contribution in [0.15, 0.2) is 33.5 Å². The molecule has 190 valence electrons. The van der Waals surface area contributed by atoms with E-state index in [1.165, 1.54) is 18.2 Å². The van der Waals surface area contributed by atoms with E-state index in [0.29, 0.717) is 18.4 Å². The molecule has 1 saturated carbocycles.